The summed E-state index contributed by atoms with van der Waals surface area (Å²) >= 11 is 1.27. The molecule has 0 aliphatic carbocycles. The van der Waals surface area contributed by atoms with Gasteiger partial charge in [-0.2, -0.15) is 4.40 Å². The number of nitrogens with zero attached hydrogens (tertiary/aromatic N) is 1. The Morgan fingerprint density at radius 2 is 2.13 bits per heavy atom. The van der Waals surface area contributed by atoms with E-state index in [1.807, 2.05) is 20.8 Å². The number of thiophene rings is 1. The van der Waals surface area contributed by atoms with Crippen molar-refractivity contribution < 1.29 is 8.60 Å². The van der Waals surface area contributed by atoms with Gasteiger partial charge in [0.1, 0.15) is 16.8 Å². The third-order valence-corrected chi connectivity index (χ3v) is 4.18. The lowest BCUT2D eigenvalue weighted by Crippen LogP contribution is -2.20. The summed E-state index contributed by atoms with van der Waals surface area (Å²) in [5.74, 6) is -0.299. The summed E-state index contributed by atoms with van der Waals surface area (Å²) in [6.07, 6.45) is 0. The fourth-order valence-corrected chi connectivity index (χ4v) is 2.25. The first-order chi connectivity index (χ1) is 6.82. The third-order valence-electron chi connectivity index (χ3n) is 1.69. The van der Waals surface area contributed by atoms with Gasteiger partial charge in [-0.15, -0.1) is 11.3 Å². The van der Waals surface area contributed by atoms with Crippen molar-refractivity contribution in [1.82, 2.24) is 0 Å². The number of rotatable bonds is 2. The van der Waals surface area contributed by atoms with Crippen molar-refractivity contribution in [2.45, 2.75) is 32.4 Å². The maximum atomic E-state index is 13.2. The molecule has 1 atom stereocenters. The monoisotopic (exact) mass is 247 g/mol. The molecule has 84 valence electrons. The van der Waals surface area contributed by atoms with Crippen molar-refractivity contribution in [1.29, 1.82) is 0 Å². The predicted octanol–water partition coefficient (Wildman–Crippen LogP) is 3.16. The third kappa shape index (κ3) is 3.21. The lowest BCUT2D eigenvalue weighted by atomic mass is 10.3. The SMILES string of the molecule is CC(=N[S@@](=O)C(C)(C)C)c1sccc1F. The van der Waals surface area contributed by atoms with Gasteiger partial charge < -0.3 is 0 Å². The van der Waals surface area contributed by atoms with Gasteiger partial charge in [0.2, 0.25) is 0 Å². The fraction of sp³-hybridized carbons (Fsp3) is 0.500. The minimum Gasteiger partial charge on any atom is -0.234 e. The molecular formula is C10H14FNOS2. The summed E-state index contributed by atoms with van der Waals surface area (Å²) < 4.78 is 28.5. The minimum atomic E-state index is -1.33. The molecule has 0 saturated carbocycles. The molecule has 0 aliphatic heterocycles. The van der Waals surface area contributed by atoms with Crippen LogP contribution in [0.3, 0.4) is 0 Å². The van der Waals surface area contributed by atoms with Crippen LogP contribution >= 0.6 is 11.3 Å². The van der Waals surface area contributed by atoms with Crippen LogP contribution < -0.4 is 0 Å². The smallest absolute Gasteiger partial charge is 0.145 e. The zero-order valence-corrected chi connectivity index (χ0v) is 10.8. The van der Waals surface area contributed by atoms with E-state index in [9.17, 15) is 8.60 Å². The van der Waals surface area contributed by atoms with Crippen LogP contribution in [0.1, 0.15) is 32.6 Å². The highest BCUT2D eigenvalue weighted by Crippen LogP contribution is 2.18. The molecule has 15 heavy (non-hydrogen) atoms. The van der Waals surface area contributed by atoms with Crippen LogP contribution in [0.25, 0.3) is 0 Å². The Labute approximate surface area is 95.8 Å². The van der Waals surface area contributed by atoms with Crippen molar-refractivity contribution in [3.05, 3.63) is 22.1 Å². The van der Waals surface area contributed by atoms with Crippen molar-refractivity contribution in [3.8, 4) is 0 Å². The molecule has 5 heteroatoms. The van der Waals surface area contributed by atoms with E-state index >= 15 is 0 Å². The molecule has 0 aliphatic rings. The molecular weight excluding hydrogens is 233 g/mol. The summed E-state index contributed by atoms with van der Waals surface area (Å²) in [6.45, 7) is 7.19. The highest BCUT2D eigenvalue weighted by Gasteiger charge is 2.20. The van der Waals surface area contributed by atoms with Crippen LogP contribution in [0.15, 0.2) is 15.8 Å². The zero-order valence-electron chi connectivity index (χ0n) is 9.20. The molecule has 0 spiro atoms. The summed E-state index contributed by atoms with van der Waals surface area (Å²) in [4.78, 5) is 0.465. The molecule has 1 aromatic rings. The van der Waals surface area contributed by atoms with E-state index in [1.165, 1.54) is 17.4 Å². The lowest BCUT2D eigenvalue weighted by Gasteiger charge is -2.13. The Morgan fingerprint density at radius 3 is 2.53 bits per heavy atom. The van der Waals surface area contributed by atoms with E-state index in [0.717, 1.165) is 0 Å². The maximum absolute atomic E-state index is 13.2. The van der Waals surface area contributed by atoms with Gasteiger partial charge in [-0.05, 0) is 39.1 Å². The van der Waals surface area contributed by atoms with Crippen LogP contribution in [0.5, 0.6) is 0 Å². The Balaban J connectivity index is 2.96. The van der Waals surface area contributed by atoms with E-state index in [0.29, 0.717) is 10.6 Å². The quantitative estimate of drug-likeness (QED) is 0.738. The van der Waals surface area contributed by atoms with Crippen LogP contribution in [0.2, 0.25) is 0 Å². The molecule has 2 nitrogen and oxygen atoms in total. The number of halogens is 1. The lowest BCUT2D eigenvalue weighted by molar-refractivity contribution is 0.631. The van der Waals surface area contributed by atoms with Gasteiger partial charge in [0.25, 0.3) is 0 Å². The van der Waals surface area contributed by atoms with E-state index in [-0.39, 0.29) is 5.82 Å². The Morgan fingerprint density at radius 1 is 1.53 bits per heavy atom. The van der Waals surface area contributed by atoms with Gasteiger partial charge >= 0.3 is 0 Å². The standard InChI is InChI=1S/C10H14FNOS2/c1-7(9-8(11)5-6-14-9)12-15(13)10(2,3)4/h5-6H,1-4H3/t15-/m0/s1. The second-order valence-corrected chi connectivity index (χ2v) is 6.96. The predicted molar refractivity (Wildman–Crippen MR) is 64.4 cm³/mol. The van der Waals surface area contributed by atoms with Crippen molar-refractivity contribution in [3.63, 3.8) is 0 Å². The molecule has 1 rings (SSSR count). The van der Waals surface area contributed by atoms with E-state index in [2.05, 4.69) is 4.40 Å². The van der Waals surface area contributed by atoms with E-state index in [4.69, 9.17) is 0 Å². The summed E-state index contributed by atoms with van der Waals surface area (Å²) in [7, 11) is -1.33. The average Bonchev–Trinajstić information content (AvgIpc) is 2.49. The van der Waals surface area contributed by atoms with Gasteiger partial charge in [0.15, 0.2) is 0 Å². The van der Waals surface area contributed by atoms with Gasteiger partial charge in [-0.25, -0.2) is 8.60 Å². The highest BCUT2D eigenvalue weighted by atomic mass is 32.2. The second kappa shape index (κ2) is 4.53. The molecule has 0 saturated heterocycles. The molecule has 0 fully saturated rings. The normalized spacial score (nSPS) is 15.4. The van der Waals surface area contributed by atoms with Gasteiger partial charge in [-0.1, -0.05) is 0 Å². The fourth-order valence-electron chi connectivity index (χ4n) is 0.855. The van der Waals surface area contributed by atoms with E-state index in [1.54, 1.807) is 12.3 Å². The van der Waals surface area contributed by atoms with Crippen LogP contribution in [-0.2, 0) is 11.0 Å². The van der Waals surface area contributed by atoms with Crippen LogP contribution in [-0.4, -0.2) is 14.7 Å². The van der Waals surface area contributed by atoms with E-state index < -0.39 is 15.7 Å². The van der Waals surface area contributed by atoms with Gasteiger partial charge in [0, 0.05) is 0 Å². The Bertz CT molecular complexity index is 404. The molecule has 0 bridgehead atoms. The number of hydrogen-bond donors (Lipinski definition) is 0. The summed E-state index contributed by atoms with van der Waals surface area (Å²) in [5.41, 5.74) is 0.496. The van der Waals surface area contributed by atoms with Crippen molar-refractivity contribution in [2.24, 2.45) is 4.40 Å². The Kier molecular flexibility index (Phi) is 3.78. The van der Waals surface area contributed by atoms with Crippen LogP contribution in [0, 0.1) is 5.82 Å². The maximum Gasteiger partial charge on any atom is 0.145 e. The first-order valence-corrected chi connectivity index (χ1v) is 6.51. The molecule has 0 amide bonds. The van der Waals surface area contributed by atoms with Crippen molar-refractivity contribution >= 4 is 28.0 Å². The van der Waals surface area contributed by atoms with Gasteiger partial charge in [0.05, 0.1) is 15.3 Å². The van der Waals surface area contributed by atoms with Crippen molar-refractivity contribution in [2.75, 3.05) is 0 Å². The van der Waals surface area contributed by atoms with Gasteiger partial charge in [-0.3, -0.25) is 0 Å². The molecule has 0 radical (unpaired) electrons. The molecule has 0 aromatic carbocycles. The molecule has 0 N–H and O–H groups in total. The zero-order chi connectivity index (χ0) is 11.6. The summed E-state index contributed by atoms with van der Waals surface area (Å²) in [5, 5.41) is 1.66. The average molecular weight is 247 g/mol. The molecule has 1 aromatic heterocycles. The Hall–Kier alpha value is -0.550. The van der Waals surface area contributed by atoms with Crippen LogP contribution in [0.4, 0.5) is 4.39 Å². The molecule has 0 unspecified atom stereocenters. The largest absolute Gasteiger partial charge is 0.234 e. The first-order valence-electron chi connectivity index (χ1n) is 4.53. The minimum absolute atomic E-state index is 0.299. The second-order valence-electron chi connectivity index (χ2n) is 4.14. The number of hydrogen-bond acceptors (Lipinski definition) is 2. The molecule has 1 heterocycles. The highest BCUT2D eigenvalue weighted by molar-refractivity contribution is 7.85. The first kappa shape index (κ1) is 12.5. The topological polar surface area (TPSA) is 29.4 Å². The summed E-state index contributed by atoms with van der Waals surface area (Å²) in [6, 6.07) is 1.39.